The van der Waals surface area contributed by atoms with E-state index in [2.05, 4.69) is 20.9 Å². The molecule has 3 N–H and O–H groups in total. The molecule has 2 rings (SSSR count). The quantitative estimate of drug-likeness (QED) is 0.791. The van der Waals surface area contributed by atoms with Crippen molar-refractivity contribution in [2.75, 3.05) is 18.9 Å². The molecule has 0 saturated heterocycles. The molecule has 3 amide bonds. The standard InChI is InChI=1S/C17H20N4O2/c1-12-14(16(22)18-2)6-3-7-15(12)21-17(23)20-10-8-13-5-4-9-19-11-13/h3-7,9,11H,8,10H2,1-2H3,(H,18,22)(H2,20,21,23). The van der Waals surface area contributed by atoms with Crippen molar-refractivity contribution in [1.82, 2.24) is 15.6 Å². The van der Waals surface area contributed by atoms with Crippen LogP contribution in [0.3, 0.4) is 0 Å². The van der Waals surface area contributed by atoms with Crippen LogP contribution in [0.15, 0.2) is 42.7 Å². The van der Waals surface area contributed by atoms with Crippen LogP contribution in [0.2, 0.25) is 0 Å². The summed E-state index contributed by atoms with van der Waals surface area (Å²) in [5.41, 5.74) is 2.95. The molecule has 0 aliphatic carbocycles. The molecule has 1 aromatic heterocycles. The van der Waals surface area contributed by atoms with Crippen LogP contribution in [0.4, 0.5) is 10.5 Å². The van der Waals surface area contributed by atoms with Crippen molar-refractivity contribution in [2.24, 2.45) is 0 Å². The molecule has 0 unspecified atom stereocenters. The first-order chi connectivity index (χ1) is 11.1. The third kappa shape index (κ3) is 4.54. The van der Waals surface area contributed by atoms with Crippen molar-refractivity contribution < 1.29 is 9.59 Å². The minimum Gasteiger partial charge on any atom is -0.355 e. The number of pyridine rings is 1. The molecule has 6 nitrogen and oxygen atoms in total. The zero-order valence-corrected chi connectivity index (χ0v) is 13.2. The van der Waals surface area contributed by atoms with Crippen LogP contribution in [-0.2, 0) is 6.42 Å². The summed E-state index contributed by atoms with van der Waals surface area (Å²) in [6, 6.07) is 8.75. The number of rotatable bonds is 5. The zero-order chi connectivity index (χ0) is 16.7. The molecule has 6 heteroatoms. The first kappa shape index (κ1) is 16.5. The summed E-state index contributed by atoms with van der Waals surface area (Å²) in [7, 11) is 1.58. The number of hydrogen-bond donors (Lipinski definition) is 3. The van der Waals surface area contributed by atoms with E-state index in [0.29, 0.717) is 24.2 Å². The molecule has 2 aromatic rings. The molecular formula is C17H20N4O2. The van der Waals surface area contributed by atoms with Gasteiger partial charge in [0.1, 0.15) is 0 Å². The van der Waals surface area contributed by atoms with Gasteiger partial charge in [0.05, 0.1) is 0 Å². The lowest BCUT2D eigenvalue weighted by molar-refractivity contribution is 0.0962. The SMILES string of the molecule is CNC(=O)c1cccc(NC(=O)NCCc2cccnc2)c1C. The highest BCUT2D eigenvalue weighted by Gasteiger charge is 2.11. The van der Waals surface area contributed by atoms with Gasteiger partial charge in [-0.05, 0) is 42.7 Å². The minimum absolute atomic E-state index is 0.178. The lowest BCUT2D eigenvalue weighted by Crippen LogP contribution is -2.31. The van der Waals surface area contributed by atoms with Crippen LogP contribution in [0.25, 0.3) is 0 Å². The number of aromatic nitrogens is 1. The fraction of sp³-hybridized carbons (Fsp3) is 0.235. The second kappa shape index (κ2) is 7.93. The van der Waals surface area contributed by atoms with Crippen molar-refractivity contribution in [3.05, 3.63) is 59.4 Å². The van der Waals surface area contributed by atoms with Gasteiger partial charge < -0.3 is 16.0 Å². The van der Waals surface area contributed by atoms with Gasteiger partial charge in [0.2, 0.25) is 0 Å². The number of carbonyl (C=O) groups excluding carboxylic acids is 2. The molecule has 0 spiro atoms. The number of urea groups is 1. The third-order valence-corrected chi connectivity index (χ3v) is 3.48. The Labute approximate surface area is 135 Å². The van der Waals surface area contributed by atoms with E-state index < -0.39 is 0 Å². The van der Waals surface area contributed by atoms with E-state index in [1.54, 1.807) is 44.6 Å². The first-order valence-corrected chi connectivity index (χ1v) is 7.37. The van der Waals surface area contributed by atoms with Gasteiger partial charge in [0.15, 0.2) is 0 Å². The normalized spacial score (nSPS) is 10.0. The van der Waals surface area contributed by atoms with E-state index >= 15 is 0 Å². The van der Waals surface area contributed by atoms with Crippen LogP contribution in [0.1, 0.15) is 21.5 Å². The molecule has 1 heterocycles. The summed E-state index contributed by atoms with van der Waals surface area (Å²) in [6.07, 6.45) is 4.20. The second-order valence-corrected chi connectivity index (χ2v) is 5.05. The summed E-state index contributed by atoms with van der Waals surface area (Å²) >= 11 is 0. The summed E-state index contributed by atoms with van der Waals surface area (Å²) in [4.78, 5) is 27.8. The Kier molecular flexibility index (Phi) is 5.68. The molecule has 120 valence electrons. The van der Waals surface area contributed by atoms with Crippen LogP contribution in [0.5, 0.6) is 0 Å². The Balaban J connectivity index is 1.91. The molecule has 0 fully saturated rings. The van der Waals surface area contributed by atoms with Gasteiger partial charge in [-0.1, -0.05) is 12.1 Å². The predicted molar refractivity (Wildman–Crippen MR) is 89.5 cm³/mol. The summed E-state index contributed by atoms with van der Waals surface area (Å²) in [6.45, 7) is 2.31. The Morgan fingerprint density at radius 1 is 1.17 bits per heavy atom. The minimum atomic E-state index is -0.300. The molecule has 0 saturated carbocycles. The van der Waals surface area contributed by atoms with Crippen LogP contribution in [0, 0.1) is 6.92 Å². The Bertz CT molecular complexity index is 686. The predicted octanol–water partition coefficient (Wildman–Crippen LogP) is 2.11. The highest BCUT2D eigenvalue weighted by Crippen LogP contribution is 2.18. The number of carbonyl (C=O) groups is 2. The fourth-order valence-electron chi connectivity index (χ4n) is 2.18. The monoisotopic (exact) mass is 312 g/mol. The van der Waals surface area contributed by atoms with E-state index in [1.165, 1.54) is 0 Å². The van der Waals surface area contributed by atoms with Crippen molar-refractivity contribution in [1.29, 1.82) is 0 Å². The third-order valence-electron chi connectivity index (χ3n) is 3.48. The van der Waals surface area contributed by atoms with Crippen molar-refractivity contribution in [3.8, 4) is 0 Å². The number of nitrogens with zero attached hydrogens (tertiary/aromatic N) is 1. The molecule has 0 bridgehead atoms. The maximum atomic E-state index is 12.0. The summed E-state index contributed by atoms with van der Waals surface area (Å²) in [5, 5.41) is 8.14. The zero-order valence-electron chi connectivity index (χ0n) is 13.2. The highest BCUT2D eigenvalue weighted by molar-refractivity contribution is 5.98. The number of nitrogens with one attached hydrogen (secondary N) is 3. The van der Waals surface area contributed by atoms with Gasteiger partial charge >= 0.3 is 6.03 Å². The van der Waals surface area contributed by atoms with Gasteiger partial charge in [0.25, 0.3) is 5.91 Å². The molecule has 0 radical (unpaired) electrons. The Hall–Kier alpha value is -2.89. The fourth-order valence-corrected chi connectivity index (χ4v) is 2.18. The lowest BCUT2D eigenvalue weighted by Gasteiger charge is -2.12. The average molecular weight is 312 g/mol. The average Bonchev–Trinajstić information content (AvgIpc) is 2.57. The topological polar surface area (TPSA) is 83.1 Å². The van der Waals surface area contributed by atoms with E-state index in [0.717, 1.165) is 11.1 Å². The van der Waals surface area contributed by atoms with E-state index in [1.807, 2.05) is 12.1 Å². The maximum Gasteiger partial charge on any atom is 0.319 e. The maximum absolute atomic E-state index is 12.0. The second-order valence-electron chi connectivity index (χ2n) is 5.05. The summed E-state index contributed by atoms with van der Waals surface area (Å²) < 4.78 is 0. The number of amides is 3. The number of anilines is 1. The van der Waals surface area contributed by atoms with E-state index in [4.69, 9.17) is 0 Å². The largest absolute Gasteiger partial charge is 0.355 e. The van der Waals surface area contributed by atoms with Crippen LogP contribution < -0.4 is 16.0 Å². The van der Waals surface area contributed by atoms with Gasteiger partial charge in [-0.15, -0.1) is 0 Å². The van der Waals surface area contributed by atoms with Gasteiger partial charge in [0, 0.05) is 37.2 Å². The van der Waals surface area contributed by atoms with E-state index in [9.17, 15) is 9.59 Å². The molecule has 0 atom stereocenters. The van der Waals surface area contributed by atoms with Gasteiger partial charge in [-0.2, -0.15) is 0 Å². The van der Waals surface area contributed by atoms with Crippen molar-refractivity contribution in [2.45, 2.75) is 13.3 Å². The molecule has 0 aliphatic heterocycles. The van der Waals surface area contributed by atoms with Crippen LogP contribution >= 0.6 is 0 Å². The molecule has 1 aromatic carbocycles. The smallest absolute Gasteiger partial charge is 0.319 e. The molecule has 0 aliphatic rings. The Morgan fingerprint density at radius 2 is 2.00 bits per heavy atom. The first-order valence-electron chi connectivity index (χ1n) is 7.37. The van der Waals surface area contributed by atoms with Crippen molar-refractivity contribution >= 4 is 17.6 Å². The molecule has 23 heavy (non-hydrogen) atoms. The van der Waals surface area contributed by atoms with Crippen LogP contribution in [-0.4, -0.2) is 30.5 Å². The van der Waals surface area contributed by atoms with E-state index in [-0.39, 0.29) is 11.9 Å². The highest BCUT2D eigenvalue weighted by atomic mass is 16.2. The summed E-state index contributed by atoms with van der Waals surface area (Å²) in [5.74, 6) is -0.178. The van der Waals surface area contributed by atoms with Crippen molar-refractivity contribution in [3.63, 3.8) is 0 Å². The number of benzene rings is 1. The van der Waals surface area contributed by atoms with Gasteiger partial charge in [-0.3, -0.25) is 9.78 Å². The Morgan fingerprint density at radius 3 is 2.70 bits per heavy atom. The molecular weight excluding hydrogens is 292 g/mol. The number of hydrogen-bond acceptors (Lipinski definition) is 3. The van der Waals surface area contributed by atoms with Gasteiger partial charge in [-0.25, -0.2) is 4.79 Å². The lowest BCUT2D eigenvalue weighted by atomic mass is 10.1.